The summed E-state index contributed by atoms with van der Waals surface area (Å²) in [6.07, 6.45) is 0. The number of methoxy groups -OCH3 is 2. The number of ether oxygens (including phenoxy) is 2. The molecule has 0 radical (unpaired) electrons. The summed E-state index contributed by atoms with van der Waals surface area (Å²) in [4.78, 5) is 14.3. The standard InChI is InChI=1S/C15H18N2O3/c1-19-13-6-3-11(4-7-13)9-16-10-12-5-8-14(17-12)15(18)20-2/h3-8,16-17H,9-10H2,1-2H3. The van der Waals surface area contributed by atoms with E-state index in [1.807, 2.05) is 30.3 Å². The van der Waals surface area contributed by atoms with Gasteiger partial charge in [0.25, 0.3) is 0 Å². The third-order valence-corrected chi connectivity index (χ3v) is 2.96. The number of aromatic amines is 1. The van der Waals surface area contributed by atoms with Crippen LogP contribution in [0.3, 0.4) is 0 Å². The van der Waals surface area contributed by atoms with Crippen molar-refractivity contribution in [2.24, 2.45) is 0 Å². The molecular formula is C15H18N2O3. The van der Waals surface area contributed by atoms with Gasteiger partial charge in [0.2, 0.25) is 0 Å². The van der Waals surface area contributed by atoms with Crippen LogP contribution in [-0.2, 0) is 17.8 Å². The maximum Gasteiger partial charge on any atom is 0.354 e. The highest BCUT2D eigenvalue weighted by atomic mass is 16.5. The minimum absolute atomic E-state index is 0.355. The minimum atomic E-state index is -0.355. The third kappa shape index (κ3) is 3.61. The molecule has 20 heavy (non-hydrogen) atoms. The average molecular weight is 274 g/mol. The Kier molecular flexibility index (Phi) is 4.79. The maximum absolute atomic E-state index is 11.3. The molecule has 2 N–H and O–H groups in total. The van der Waals surface area contributed by atoms with Crippen LogP contribution in [0.15, 0.2) is 36.4 Å². The number of benzene rings is 1. The summed E-state index contributed by atoms with van der Waals surface area (Å²) in [6, 6.07) is 11.5. The molecule has 0 spiro atoms. The largest absolute Gasteiger partial charge is 0.497 e. The van der Waals surface area contributed by atoms with Gasteiger partial charge in [0.15, 0.2) is 0 Å². The van der Waals surface area contributed by atoms with Gasteiger partial charge in [-0.1, -0.05) is 12.1 Å². The molecule has 0 saturated heterocycles. The molecule has 0 aliphatic heterocycles. The van der Waals surface area contributed by atoms with E-state index >= 15 is 0 Å². The first kappa shape index (κ1) is 14.1. The van der Waals surface area contributed by atoms with E-state index in [9.17, 15) is 4.79 Å². The van der Waals surface area contributed by atoms with Crippen LogP contribution in [0.25, 0.3) is 0 Å². The Morgan fingerprint density at radius 1 is 1.10 bits per heavy atom. The number of H-pyrrole nitrogens is 1. The Hall–Kier alpha value is -2.27. The van der Waals surface area contributed by atoms with Gasteiger partial charge >= 0.3 is 5.97 Å². The van der Waals surface area contributed by atoms with E-state index in [0.717, 1.165) is 18.0 Å². The summed E-state index contributed by atoms with van der Waals surface area (Å²) in [7, 11) is 3.02. The van der Waals surface area contributed by atoms with Crippen molar-refractivity contribution < 1.29 is 14.3 Å². The number of esters is 1. The number of hydrogen-bond donors (Lipinski definition) is 2. The Bertz CT molecular complexity index is 561. The molecule has 0 atom stereocenters. The zero-order valence-electron chi connectivity index (χ0n) is 11.6. The minimum Gasteiger partial charge on any atom is -0.497 e. The summed E-state index contributed by atoms with van der Waals surface area (Å²) in [5, 5.41) is 3.30. The summed E-state index contributed by atoms with van der Waals surface area (Å²) < 4.78 is 9.75. The maximum atomic E-state index is 11.3. The topological polar surface area (TPSA) is 63.4 Å². The van der Waals surface area contributed by atoms with E-state index in [1.165, 1.54) is 12.7 Å². The van der Waals surface area contributed by atoms with Crippen molar-refractivity contribution >= 4 is 5.97 Å². The van der Waals surface area contributed by atoms with E-state index in [0.29, 0.717) is 12.2 Å². The SMILES string of the molecule is COC(=O)c1ccc(CNCc2ccc(OC)cc2)[nH]1. The van der Waals surface area contributed by atoms with E-state index < -0.39 is 0 Å². The average Bonchev–Trinajstić information content (AvgIpc) is 2.96. The fraction of sp³-hybridized carbons (Fsp3) is 0.267. The number of carbonyl (C=O) groups is 1. The molecule has 0 aliphatic carbocycles. The molecule has 2 rings (SSSR count). The molecule has 0 aliphatic rings. The highest BCUT2D eigenvalue weighted by Gasteiger charge is 2.07. The quantitative estimate of drug-likeness (QED) is 0.792. The predicted molar refractivity (Wildman–Crippen MR) is 75.7 cm³/mol. The van der Waals surface area contributed by atoms with Crippen molar-refractivity contribution in [3.63, 3.8) is 0 Å². The second kappa shape index (κ2) is 6.77. The number of rotatable bonds is 6. The van der Waals surface area contributed by atoms with Crippen LogP contribution in [0, 0.1) is 0 Å². The monoisotopic (exact) mass is 274 g/mol. The molecule has 0 fully saturated rings. The van der Waals surface area contributed by atoms with Crippen molar-refractivity contribution in [3.05, 3.63) is 53.3 Å². The fourth-order valence-corrected chi connectivity index (χ4v) is 1.86. The zero-order valence-corrected chi connectivity index (χ0v) is 11.6. The first-order chi connectivity index (χ1) is 9.72. The number of aromatic nitrogens is 1. The number of carbonyl (C=O) groups excluding carboxylic acids is 1. The molecule has 1 heterocycles. The lowest BCUT2D eigenvalue weighted by molar-refractivity contribution is 0.0594. The van der Waals surface area contributed by atoms with Gasteiger partial charge in [0.1, 0.15) is 11.4 Å². The lowest BCUT2D eigenvalue weighted by Gasteiger charge is -2.05. The zero-order chi connectivity index (χ0) is 14.4. The summed E-state index contributed by atoms with van der Waals surface area (Å²) in [5.74, 6) is 0.493. The van der Waals surface area contributed by atoms with Crippen LogP contribution in [0.1, 0.15) is 21.7 Å². The van der Waals surface area contributed by atoms with E-state index in [-0.39, 0.29) is 5.97 Å². The molecule has 0 saturated carbocycles. The van der Waals surface area contributed by atoms with Gasteiger partial charge in [-0.15, -0.1) is 0 Å². The lowest BCUT2D eigenvalue weighted by Crippen LogP contribution is -2.13. The van der Waals surface area contributed by atoms with Crippen LogP contribution in [0.4, 0.5) is 0 Å². The molecule has 106 valence electrons. The van der Waals surface area contributed by atoms with Gasteiger partial charge in [-0.2, -0.15) is 0 Å². The smallest absolute Gasteiger partial charge is 0.354 e. The van der Waals surface area contributed by atoms with Crippen molar-refractivity contribution in [1.82, 2.24) is 10.3 Å². The third-order valence-electron chi connectivity index (χ3n) is 2.96. The Balaban J connectivity index is 1.83. The van der Waals surface area contributed by atoms with Crippen LogP contribution >= 0.6 is 0 Å². The highest BCUT2D eigenvalue weighted by Crippen LogP contribution is 2.11. The first-order valence-electron chi connectivity index (χ1n) is 6.33. The van der Waals surface area contributed by atoms with Crippen molar-refractivity contribution in [2.45, 2.75) is 13.1 Å². The van der Waals surface area contributed by atoms with Crippen molar-refractivity contribution in [2.75, 3.05) is 14.2 Å². The molecule has 0 unspecified atom stereocenters. The van der Waals surface area contributed by atoms with Gasteiger partial charge in [-0.3, -0.25) is 0 Å². The van der Waals surface area contributed by atoms with Crippen molar-refractivity contribution in [1.29, 1.82) is 0 Å². The summed E-state index contributed by atoms with van der Waals surface area (Å²) in [5.41, 5.74) is 2.58. The summed E-state index contributed by atoms with van der Waals surface area (Å²) in [6.45, 7) is 1.40. The Morgan fingerprint density at radius 2 is 1.85 bits per heavy atom. The normalized spacial score (nSPS) is 10.3. The molecule has 5 heteroatoms. The van der Waals surface area contributed by atoms with E-state index in [2.05, 4.69) is 15.0 Å². The van der Waals surface area contributed by atoms with Gasteiger partial charge in [-0.25, -0.2) is 4.79 Å². The second-order valence-electron chi connectivity index (χ2n) is 4.34. The van der Waals surface area contributed by atoms with Gasteiger partial charge in [-0.05, 0) is 29.8 Å². The van der Waals surface area contributed by atoms with Crippen molar-refractivity contribution in [3.8, 4) is 5.75 Å². The molecule has 2 aromatic rings. The van der Waals surface area contributed by atoms with Crippen LogP contribution in [0.5, 0.6) is 5.75 Å². The predicted octanol–water partition coefficient (Wildman–Crippen LogP) is 2.10. The molecular weight excluding hydrogens is 256 g/mol. The molecule has 1 aromatic heterocycles. The van der Waals surface area contributed by atoms with Crippen LogP contribution in [-0.4, -0.2) is 25.2 Å². The molecule has 0 bridgehead atoms. The summed E-state index contributed by atoms with van der Waals surface area (Å²) >= 11 is 0. The molecule has 1 aromatic carbocycles. The Labute approximate surface area is 117 Å². The second-order valence-corrected chi connectivity index (χ2v) is 4.34. The van der Waals surface area contributed by atoms with Gasteiger partial charge in [0, 0.05) is 18.8 Å². The van der Waals surface area contributed by atoms with E-state index in [4.69, 9.17) is 4.74 Å². The molecule has 5 nitrogen and oxygen atoms in total. The molecule has 0 amide bonds. The van der Waals surface area contributed by atoms with Gasteiger partial charge < -0.3 is 19.8 Å². The fourth-order valence-electron chi connectivity index (χ4n) is 1.86. The van der Waals surface area contributed by atoms with Crippen LogP contribution < -0.4 is 10.1 Å². The first-order valence-corrected chi connectivity index (χ1v) is 6.33. The number of nitrogens with one attached hydrogen (secondary N) is 2. The Morgan fingerprint density at radius 3 is 2.50 bits per heavy atom. The van der Waals surface area contributed by atoms with Crippen LogP contribution in [0.2, 0.25) is 0 Å². The highest BCUT2D eigenvalue weighted by molar-refractivity contribution is 5.87. The van der Waals surface area contributed by atoms with E-state index in [1.54, 1.807) is 13.2 Å². The lowest BCUT2D eigenvalue weighted by atomic mass is 10.2. The van der Waals surface area contributed by atoms with Gasteiger partial charge in [0.05, 0.1) is 14.2 Å². The number of hydrogen-bond acceptors (Lipinski definition) is 4.